The van der Waals surface area contributed by atoms with Gasteiger partial charge in [0.15, 0.2) is 0 Å². The van der Waals surface area contributed by atoms with Crippen LogP contribution in [0.25, 0.3) is 0 Å². The first-order valence-corrected chi connectivity index (χ1v) is 4.09. The van der Waals surface area contributed by atoms with Gasteiger partial charge in [0, 0.05) is 13.1 Å². The molecule has 1 aliphatic heterocycles. The predicted octanol–water partition coefficient (Wildman–Crippen LogP) is 0.863. The average molecular weight is 158 g/mol. The minimum atomic E-state index is 0.198. The summed E-state index contributed by atoms with van der Waals surface area (Å²) in [5.74, 6) is 0. The van der Waals surface area contributed by atoms with E-state index in [-0.39, 0.29) is 6.23 Å². The average Bonchev–Trinajstić information content (AvgIpc) is 2.07. The van der Waals surface area contributed by atoms with Crippen molar-refractivity contribution < 1.29 is 9.47 Å². The van der Waals surface area contributed by atoms with Gasteiger partial charge in [0.1, 0.15) is 6.23 Å². The van der Waals surface area contributed by atoms with Crippen LogP contribution < -0.4 is 0 Å². The molecule has 0 aromatic heterocycles. The highest BCUT2D eigenvalue weighted by Gasteiger charge is 2.16. The van der Waals surface area contributed by atoms with Crippen molar-refractivity contribution in [2.45, 2.75) is 20.1 Å². The van der Waals surface area contributed by atoms with Crippen LogP contribution in [-0.2, 0) is 9.47 Å². The van der Waals surface area contributed by atoms with Crippen molar-refractivity contribution in [2.75, 3.05) is 26.3 Å². The summed E-state index contributed by atoms with van der Waals surface area (Å²) < 4.78 is 10.5. The molecule has 1 aliphatic rings. The quantitative estimate of drug-likeness (QED) is 0.608. The van der Waals surface area contributed by atoms with E-state index in [9.17, 15) is 0 Å². The Hall–Kier alpha value is -0.120. The third-order valence-electron chi connectivity index (χ3n) is 1.89. The molecule has 1 saturated heterocycles. The molecule has 3 heteroatoms. The molecule has 3 nitrogen and oxygen atoms in total. The Balaban J connectivity index is 2.21. The Morgan fingerprint density at radius 2 is 2.09 bits per heavy atom. The van der Waals surface area contributed by atoms with Gasteiger partial charge in [-0.3, -0.25) is 4.90 Å². The van der Waals surface area contributed by atoms with Gasteiger partial charge in [-0.1, -0.05) is 0 Å². The fourth-order valence-corrected chi connectivity index (χ4v) is 1.22. The molecule has 0 saturated carbocycles. The molecule has 0 spiro atoms. The summed E-state index contributed by atoms with van der Waals surface area (Å²) >= 11 is 0. The first-order valence-electron chi connectivity index (χ1n) is 4.09. The summed E-state index contributed by atoms with van der Waals surface area (Å²) in [5.41, 5.74) is 0. The van der Waals surface area contributed by atoms with E-state index in [0.29, 0.717) is 0 Å². The molecule has 1 rings (SSSR count). The van der Waals surface area contributed by atoms with Gasteiger partial charge in [0.2, 0.25) is 0 Å². The molecular weight excluding hydrogens is 142 g/mol. The van der Waals surface area contributed by atoms with Gasteiger partial charge in [-0.05, 0) is 13.8 Å². The molecule has 1 fully saturated rings. The normalized spacial score (nSPS) is 23.5. The second-order valence-electron chi connectivity index (χ2n) is 2.62. The minimum Gasteiger partial charge on any atom is -0.379 e. The summed E-state index contributed by atoms with van der Waals surface area (Å²) in [4.78, 5) is 2.27. The Labute approximate surface area is 68.3 Å². The van der Waals surface area contributed by atoms with Gasteiger partial charge in [-0.15, -0.1) is 0 Å². The zero-order valence-corrected chi connectivity index (χ0v) is 7.25. The third-order valence-corrected chi connectivity index (χ3v) is 1.89. The predicted molar refractivity (Wildman–Crippen MR) is 42.9 cm³/mol. The monoisotopic (exact) mass is 158 g/mol. The molecule has 0 amide bonds. The van der Waals surface area contributed by atoms with Crippen molar-refractivity contribution in [2.24, 2.45) is 0 Å². The highest BCUT2D eigenvalue weighted by molar-refractivity contribution is 4.63. The van der Waals surface area contributed by atoms with Crippen molar-refractivity contribution in [3.63, 3.8) is 0 Å². The number of rotatable bonds is 3. The lowest BCUT2D eigenvalue weighted by Gasteiger charge is -2.31. The van der Waals surface area contributed by atoms with E-state index in [0.717, 1.165) is 26.3 Å². The maximum atomic E-state index is 5.33. The zero-order valence-electron chi connectivity index (χ0n) is 7.25. The van der Waals surface area contributed by atoms with E-state index < -0.39 is 0 Å². The molecule has 0 bridgehead atoms. The maximum Gasteiger partial charge on any atom is 0.108 e. The Morgan fingerprint density at radius 3 is 2.64 bits per heavy atom. The second-order valence-corrected chi connectivity index (χ2v) is 2.62. The van der Waals surface area contributed by atoms with Crippen LogP contribution in [0.1, 0.15) is 13.8 Å². The number of hydrogen-bond acceptors (Lipinski definition) is 3. The molecule has 1 unspecified atom stereocenters. The van der Waals surface area contributed by atoms with Crippen LogP contribution in [0, 0.1) is 6.61 Å². The van der Waals surface area contributed by atoms with Gasteiger partial charge < -0.3 is 9.47 Å². The molecule has 1 atom stereocenters. The number of nitrogens with zero attached hydrogens (tertiary/aromatic N) is 1. The Kier molecular flexibility index (Phi) is 3.83. The minimum absolute atomic E-state index is 0.198. The summed E-state index contributed by atoms with van der Waals surface area (Å²) in [6, 6.07) is 0. The Bertz CT molecular complexity index is 102. The third kappa shape index (κ3) is 2.77. The largest absolute Gasteiger partial charge is 0.379 e. The second kappa shape index (κ2) is 4.70. The van der Waals surface area contributed by atoms with Crippen molar-refractivity contribution in [1.29, 1.82) is 0 Å². The fourth-order valence-electron chi connectivity index (χ4n) is 1.22. The summed E-state index contributed by atoms with van der Waals surface area (Å²) in [5, 5.41) is 0. The fraction of sp³-hybridized carbons (Fsp3) is 0.875. The van der Waals surface area contributed by atoms with Crippen LogP contribution in [0.2, 0.25) is 0 Å². The van der Waals surface area contributed by atoms with Gasteiger partial charge >= 0.3 is 0 Å². The summed E-state index contributed by atoms with van der Waals surface area (Å²) in [7, 11) is 0. The van der Waals surface area contributed by atoms with Crippen LogP contribution in [0.15, 0.2) is 0 Å². The SMILES string of the molecule is C[CH]OC(C)N1CCOCC1. The molecule has 1 heterocycles. The summed E-state index contributed by atoms with van der Waals surface area (Å²) in [6.45, 7) is 9.32. The van der Waals surface area contributed by atoms with Crippen LogP contribution in [0.4, 0.5) is 0 Å². The van der Waals surface area contributed by atoms with Crippen molar-refractivity contribution in [1.82, 2.24) is 4.90 Å². The lowest BCUT2D eigenvalue weighted by Crippen LogP contribution is -2.42. The van der Waals surface area contributed by atoms with Gasteiger partial charge in [0.05, 0.1) is 19.8 Å². The molecule has 0 aromatic rings. The van der Waals surface area contributed by atoms with E-state index >= 15 is 0 Å². The molecular formula is C8H16NO2. The van der Waals surface area contributed by atoms with Crippen molar-refractivity contribution in [3.05, 3.63) is 6.61 Å². The molecule has 0 aromatic carbocycles. The lowest BCUT2D eigenvalue weighted by atomic mass is 10.4. The van der Waals surface area contributed by atoms with Crippen LogP contribution in [-0.4, -0.2) is 37.4 Å². The van der Waals surface area contributed by atoms with E-state index in [1.54, 1.807) is 6.61 Å². The molecule has 0 N–H and O–H groups in total. The van der Waals surface area contributed by atoms with E-state index in [4.69, 9.17) is 9.47 Å². The van der Waals surface area contributed by atoms with E-state index in [1.807, 2.05) is 6.92 Å². The molecule has 11 heavy (non-hydrogen) atoms. The van der Waals surface area contributed by atoms with Crippen molar-refractivity contribution >= 4 is 0 Å². The first kappa shape index (κ1) is 8.97. The first-order chi connectivity index (χ1) is 5.34. The number of hydrogen-bond donors (Lipinski definition) is 0. The number of ether oxygens (including phenoxy) is 2. The van der Waals surface area contributed by atoms with Crippen LogP contribution >= 0.6 is 0 Å². The lowest BCUT2D eigenvalue weighted by molar-refractivity contribution is -0.0660. The van der Waals surface area contributed by atoms with Gasteiger partial charge in [0.25, 0.3) is 0 Å². The van der Waals surface area contributed by atoms with Crippen LogP contribution in [0.5, 0.6) is 0 Å². The maximum absolute atomic E-state index is 5.33. The van der Waals surface area contributed by atoms with Crippen LogP contribution in [0.3, 0.4) is 0 Å². The summed E-state index contributed by atoms with van der Waals surface area (Å²) in [6.07, 6.45) is 0.198. The van der Waals surface area contributed by atoms with E-state index in [2.05, 4.69) is 11.8 Å². The molecule has 65 valence electrons. The zero-order chi connectivity index (χ0) is 8.10. The van der Waals surface area contributed by atoms with Crippen molar-refractivity contribution in [3.8, 4) is 0 Å². The highest BCUT2D eigenvalue weighted by Crippen LogP contribution is 2.05. The topological polar surface area (TPSA) is 21.7 Å². The number of morpholine rings is 1. The standard InChI is InChI=1S/C8H16NO2/c1-3-11-8(2)9-4-6-10-7-5-9/h3,8H,4-7H2,1-2H3. The molecule has 1 radical (unpaired) electrons. The van der Waals surface area contributed by atoms with Gasteiger partial charge in [-0.25, -0.2) is 0 Å². The Morgan fingerprint density at radius 1 is 1.45 bits per heavy atom. The smallest absolute Gasteiger partial charge is 0.108 e. The van der Waals surface area contributed by atoms with Gasteiger partial charge in [-0.2, -0.15) is 0 Å². The van der Waals surface area contributed by atoms with E-state index in [1.165, 1.54) is 0 Å². The highest BCUT2D eigenvalue weighted by atomic mass is 16.5. The molecule has 0 aliphatic carbocycles.